The molecule has 2 aromatic rings. The number of nitrogen functional groups attached to an aromatic ring is 1. The van der Waals surface area contributed by atoms with Crippen molar-refractivity contribution < 1.29 is 10.2 Å². The van der Waals surface area contributed by atoms with Gasteiger partial charge in [-0.3, -0.25) is 10.4 Å². The number of hydrazine groups is 1. The van der Waals surface area contributed by atoms with E-state index in [1.165, 1.54) is 16.7 Å². The van der Waals surface area contributed by atoms with Crippen molar-refractivity contribution in [1.82, 2.24) is 4.57 Å². The third-order valence-corrected chi connectivity index (χ3v) is 2.37. The normalized spacial score (nSPS) is 10.3. The number of aromatic nitrogens is 1. The first kappa shape index (κ1) is 10.4. The highest BCUT2D eigenvalue weighted by atomic mass is 16.3. The van der Waals surface area contributed by atoms with Gasteiger partial charge in [0.25, 0.3) is 0 Å². The Morgan fingerprint density at radius 2 is 1.81 bits per heavy atom. The molecule has 5 N–H and O–H groups in total. The Morgan fingerprint density at radius 3 is 2.44 bits per heavy atom. The zero-order valence-corrected chi connectivity index (χ0v) is 8.59. The van der Waals surface area contributed by atoms with Gasteiger partial charge in [-0.25, -0.2) is 0 Å². The number of aromatic hydroxyl groups is 2. The fraction of sp³-hybridized carbons (Fsp3) is 0.0909. The van der Waals surface area contributed by atoms with Crippen LogP contribution in [-0.4, -0.2) is 14.8 Å². The van der Waals surface area contributed by atoms with Gasteiger partial charge in [0.05, 0.1) is 6.54 Å². The van der Waals surface area contributed by atoms with Gasteiger partial charge in [-0.05, 0) is 17.7 Å². The second-order valence-corrected chi connectivity index (χ2v) is 3.48. The largest absolute Gasteiger partial charge is 0.494 e. The smallest absolute Gasteiger partial charge is 0.194 e. The highest BCUT2D eigenvalue weighted by Crippen LogP contribution is 2.23. The van der Waals surface area contributed by atoms with Crippen LogP contribution in [0, 0.1) is 0 Å². The van der Waals surface area contributed by atoms with Gasteiger partial charge in [0, 0.05) is 17.8 Å². The molecule has 84 valence electrons. The molecule has 1 heterocycles. The number of benzene rings is 1. The Hall–Kier alpha value is -2.14. The molecule has 16 heavy (non-hydrogen) atoms. The summed E-state index contributed by atoms with van der Waals surface area (Å²) >= 11 is 0. The zero-order valence-electron chi connectivity index (χ0n) is 8.59. The third-order valence-electron chi connectivity index (χ3n) is 2.37. The van der Waals surface area contributed by atoms with Crippen molar-refractivity contribution in [1.29, 1.82) is 0 Å². The molecule has 0 saturated heterocycles. The van der Waals surface area contributed by atoms with Crippen molar-refractivity contribution in [3.05, 3.63) is 42.0 Å². The van der Waals surface area contributed by atoms with E-state index in [2.05, 4.69) is 5.43 Å². The molecule has 0 fully saturated rings. The van der Waals surface area contributed by atoms with Gasteiger partial charge < -0.3 is 15.6 Å². The van der Waals surface area contributed by atoms with Crippen LogP contribution in [0.3, 0.4) is 0 Å². The molecule has 0 radical (unpaired) electrons. The third kappa shape index (κ3) is 1.94. The van der Waals surface area contributed by atoms with Gasteiger partial charge >= 0.3 is 0 Å². The number of hydrogen-bond acceptors (Lipinski definition) is 4. The fourth-order valence-corrected chi connectivity index (χ4v) is 1.55. The highest BCUT2D eigenvalue weighted by Gasteiger charge is 2.06. The summed E-state index contributed by atoms with van der Waals surface area (Å²) in [7, 11) is 0. The summed E-state index contributed by atoms with van der Waals surface area (Å²) < 4.78 is 1.40. The van der Waals surface area contributed by atoms with Crippen LogP contribution in [0.2, 0.25) is 0 Å². The van der Waals surface area contributed by atoms with Crippen LogP contribution < -0.4 is 11.3 Å². The second-order valence-electron chi connectivity index (χ2n) is 3.48. The molecule has 0 aliphatic heterocycles. The fourth-order valence-electron chi connectivity index (χ4n) is 1.55. The molecule has 1 aromatic carbocycles. The molecule has 5 nitrogen and oxygen atoms in total. The molecule has 0 aliphatic carbocycles. The molecule has 0 saturated carbocycles. The van der Waals surface area contributed by atoms with E-state index in [1.54, 1.807) is 0 Å². The number of nitrogens with two attached hydrogens (primary N) is 1. The number of hydrogen-bond donors (Lipinski definition) is 4. The molecule has 5 heteroatoms. The van der Waals surface area contributed by atoms with Crippen LogP contribution >= 0.6 is 0 Å². The SMILES string of the molecule is NNc1cccc(Cn2c(O)ccc2O)c1. The van der Waals surface area contributed by atoms with E-state index in [9.17, 15) is 10.2 Å². The van der Waals surface area contributed by atoms with Gasteiger partial charge in [0.2, 0.25) is 0 Å². The standard InChI is InChI=1S/C11H13N3O2/c12-13-9-3-1-2-8(6-9)7-14-10(15)4-5-11(14)16/h1-6,13,15-16H,7,12H2. The summed E-state index contributed by atoms with van der Waals surface area (Å²) in [6.45, 7) is 0.389. The van der Waals surface area contributed by atoms with Crippen molar-refractivity contribution in [3.8, 4) is 11.8 Å². The molecule has 1 aromatic heterocycles. The van der Waals surface area contributed by atoms with E-state index in [0.29, 0.717) is 6.54 Å². The summed E-state index contributed by atoms with van der Waals surface area (Å²) in [5.74, 6) is 5.36. The summed E-state index contributed by atoms with van der Waals surface area (Å²) in [5.41, 5.74) is 4.25. The zero-order chi connectivity index (χ0) is 11.5. The van der Waals surface area contributed by atoms with Crippen LogP contribution in [0.25, 0.3) is 0 Å². The second kappa shape index (κ2) is 4.16. The first-order valence-corrected chi connectivity index (χ1v) is 4.83. The van der Waals surface area contributed by atoms with Crippen LogP contribution in [0.15, 0.2) is 36.4 Å². The lowest BCUT2D eigenvalue weighted by atomic mass is 10.2. The number of nitrogens with one attached hydrogen (secondary N) is 1. The summed E-state index contributed by atoms with van der Waals surface area (Å²) in [5, 5.41) is 19.0. The lowest BCUT2D eigenvalue weighted by Crippen LogP contribution is -2.07. The van der Waals surface area contributed by atoms with Crippen LogP contribution in [0.5, 0.6) is 11.8 Å². The van der Waals surface area contributed by atoms with E-state index in [-0.39, 0.29) is 11.8 Å². The molecule has 0 amide bonds. The van der Waals surface area contributed by atoms with E-state index in [1.807, 2.05) is 24.3 Å². The Bertz CT molecular complexity index is 474. The minimum atomic E-state index is 0.0311. The topological polar surface area (TPSA) is 83.4 Å². The van der Waals surface area contributed by atoms with Crippen LogP contribution in [0.1, 0.15) is 5.56 Å². The van der Waals surface area contributed by atoms with Gasteiger partial charge in [-0.1, -0.05) is 12.1 Å². The molecular weight excluding hydrogens is 206 g/mol. The van der Waals surface area contributed by atoms with Gasteiger partial charge in [0.15, 0.2) is 11.8 Å². The maximum absolute atomic E-state index is 9.48. The first-order valence-electron chi connectivity index (χ1n) is 4.83. The Morgan fingerprint density at radius 1 is 1.12 bits per heavy atom. The Kier molecular flexibility index (Phi) is 2.70. The molecular formula is C11H13N3O2. The predicted octanol–water partition coefficient (Wildman–Crippen LogP) is 1.23. The summed E-state index contributed by atoms with van der Waals surface area (Å²) in [6.07, 6.45) is 0. The van der Waals surface area contributed by atoms with Crippen molar-refractivity contribution in [3.63, 3.8) is 0 Å². The Balaban J connectivity index is 2.27. The molecule has 0 atom stereocenters. The minimum Gasteiger partial charge on any atom is -0.494 e. The van der Waals surface area contributed by atoms with Crippen LogP contribution in [0.4, 0.5) is 5.69 Å². The number of anilines is 1. The van der Waals surface area contributed by atoms with E-state index >= 15 is 0 Å². The van der Waals surface area contributed by atoms with Gasteiger partial charge in [-0.2, -0.15) is 0 Å². The van der Waals surface area contributed by atoms with Gasteiger partial charge in [-0.15, -0.1) is 0 Å². The first-order chi connectivity index (χ1) is 7.70. The predicted molar refractivity (Wildman–Crippen MR) is 61.1 cm³/mol. The van der Waals surface area contributed by atoms with E-state index < -0.39 is 0 Å². The minimum absolute atomic E-state index is 0.0311. The van der Waals surface area contributed by atoms with E-state index in [4.69, 9.17) is 5.84 Å². The molecule has 2 rings (SSSR count). The average Bonchev–Trinajstić information content (AvgIpc) is 2.61. The molecule has 0 bridgehead atoms. The lowest BCUT2D eigenvalue weighted by Gasteiger charge is -2.08. The maximum Gasteiger partial charge on any atom is 0.194 e. The van der Waals surface area contributed by atoms with Crippen molar-refractivity contribution in [2.75, 3.05) is 5.43 Å². The van der Waals surface area contributed by atoms with Crippen molar-refractivity contribution in [2.45, 2.75) is 6.54 Å². The van der Waals surface area contributed by atoms with Gasteiger partial charge in [0.1, 0.15) is 0 Å². The maximum atomic E-state index is 9.48. The highest BCUT2D eigenvalue weighted by molar-refractivity contribution is 5.44. The van der Waals surface area contributed by atoms with E-state index in [0.717, 1.165) is 11.3 Å². The molecule has 0 aliphatic rings. The number of nitrogens with zero attached hydrogens (tertiary/aromatic N) is 1. The summed E-state index contributed by atoms with van der Waals surface area (Å²) in [6, 6.07) is 10.3. The molecule has 0 spiro atoms. The molecule has 0 unspecified atom stereocenters. The summed E-state index contributed by atoms with van der Waals surface area (Å²) in [4.78, 5) is 0. The van der Waals surface area contributed by atoms with Crippen molar-refractivity contribution >= 4 is 5.69 Å². The number of rotatable bonds is 3. The lowest BCUT2D eigenvalue weighted by molar-refractivity contribution is 0.377. The monoisotopic (exact) mass is 219 g/mol. The quantitative estimate of drug-likeness (QED) is 0.462. The van der Waals surface area contributed by atoms with Crippen LogP contribution in [-0.2, 0) is 6.54 Å². The Labute approximate surface area is 92.7 Å². The average molecular weight is 219 g/mol. The van der Waals surface area contributed by atoms with Crippen molar-refractivity contribution in [2.24, 2.45) is 5.84 Å².